The maximum absolute atomic E-state index is 12.8. The van der Waals surface area contributed by atoms with E-state index in [4.69, 9.17) is 26.2 Å². The molecule has 0 radical (unpaired) electrons. The standard InChI is InChI=1S/C29H36ClN5O8/c1-28(2,3)42-26(40)34-25(35-27(41)43-29(4,5)6)33-21-15-18(11-13-19(21)30)24(39)31-16-22(36)32-20-10-8-7-9-17(20)12-14-23(37)38/h7-11,13,15H,12,14,16H2,1-6H3,(H,31,39)(H,32,36)(H,37,38)(H2,33,34,35,40,41). The molecular formula is C29H36ClN5O8. The maximum atomic E-state index is 12.8. The van der Waals surface area contributed by atoms with Crippen LogP contribution in [0.15, 0.2) is 47.5 Å². The molecule has 0 aliphatic rings. The van der Waals surface area contributed by atoms with Gasteiger partial charge in [-0.05, 0) is 77.8 Å². The van der Waals surface area contributed by atoms with E-state index in [2.05, 4.69) is 26.3 Å². The zero-order chi connectivity index (χ0) is 32.4. The van der Waals surface area contributed by atoms with Crippen LogP contribution in [-0.2, 0) is 25.5 Å². The van der Waals surface area contributed by atoms with Gasteiger partial charge in [0.1, 0.15) is 11.2 Å². The number of nitrogens with one attached hydrogen (secondary N) is 4. The summed E-state index contributed by atoms with van der Waals surface area (Å²) in [4.78, 5) is 65.2. The van der Waals surface area contributed by atoms with Gasteiger partial charge in [-0.1, -0.05) is 29.8 Å². The lowest BCUT2D eigenvalue weighted by molar-refractivity contribution is -0.137. The minimum Gasteiger partial charge on any atom is -0.481 e. The van der Waals surface area contributed by atoms with E-state index in [1.165, 1.54) is 18.2 Å². The highest BCUT2D eigenvalue weighted by Gasteiger charge is 2.22. The molecule has 2 aromatic rings. The van der Waals surface area contributed by atoms with Gasteiger partial charge in [-0.25, -0.2) is 14.6 Å². The van der Waals surface area contributed by atoms with Crippen LogP contribution in [-0.4, -0.2) is 58.8 Å². The van der Waals surface area contributed by atoms with Gasteiger partial charge in [-0.3, -0.25) is 25.0 Å². The summed E-state index contributed by atoms with van der Waals surface area (Å²) in [5.74, 6) is -2.50. The number of amides is 4. The van der Waals surface area contributed by atoms with Crippen molar-refractivity contribution in [3.8, 4) is 0 Å². The Kier molecular flexibility index (Phi) is 12.1. The second-order valence-corrected chi connectivity index (χ2v) is 11.6. The number of aryl methyl sites for hydroxylation is 1. The fraction of sp³-hybridized carbons (Fsp3) is 0.379. The van der Waals surface area contributed by atoms with Crippen molar-refractivity contribution in [2.75, 3.05) is 11.9 Å². The van der Waals surface area contributed by atoms with Gasteiger partial charge < -0.3 is 25.2 Å². The first-order chi connectivity index (χ1) is 19.9. The van der Waals surface area contributed by atoms with Crippen LogP contribution in [0.4, 0.5) is 21.0 Å². The van der Waals surface area contributed by atoms with Gasteiger partial charge in [-0.2, -0.15) is 0 Å². The molecule has 2 rings (SSSR count). The number of hydrogen-bond donors (Lipinski definition) is 5. The van der Waals surface area contributed by atoms with E-state index in [-0.39, 0.29) is 41.6 Å². The molecule has 0 unspecified atom stereocenters. The molecule has 232 valence electrons. The summed E-state index contributed by atoms with van der Waals surface area (Å²) < 4.78 is 10.4. The zero-order valence-corrected chi connectivity index (χ0v) is 25.5. The number of benzene rings is 2. The maximum Gasteiger partial charge on any atom is 0.414 e. The van der Waals surface area contributed by atoms with Gasteiger partial charge in [0.05, 0.1) is 17.3 Å². The number of para-hydroxylation sites is 1. The monoisotopic (exact) mass is 617 g/mol. The Labute approximate surface area is 254 Å². The van der Waals surface area contributed by atoms with E-state index in [1.54, 1.807) is 65.8 Å². The van der Waals surface area contributed by atoms with Gasteiger partial charge in [0.2, 0.25) is 11.9 Å². The molecule has 0 fully saturated rings. The molecule has 5 N–H and O–H groups in total. The molecule has 0 aromatic heterocycles. The summed E-state index contributed by atoms with van der Waals surface area (Å²) in [7, 11) is 0. The van der Waals surface area contributed by atoms with Crippen molar-refractivity contribution in [1.29, 1.82) is 0 Å². The molecule has 0 spiro atoms. The first-order valence-electron chi connectivity index (χ1n) is 13.2. The molecule has 4 amide bonds. The first kappa shape index (κ1) is 34.6. The normalized spacial score (nSPS) is 11.0. The highest BCUT2D eigenvalue weighted by Crippen LogP contribution is 2.26. The third-order valence-corrected chi connectivity index (χ3v) is 5.31. The van der Waals surface area contributed by atoms with Crippen molar-refractivity contribution in [1.82, 2.24) is 16.0 Å². The number of ether oxygens (including phenoxy) is 2. The fourth-order valence-electron chi connectivity index (χ4n) is 3.31. The lowest BCUT2D eigenvalue weighted by Gasteiger charge is -2.22. The van der Waals surface area contributed by atoms with E-state index in [9.17, 15) is 24.0 Å². The molecule has 0 saturated carbocycles. The highest BCUT2D eigenvalue weighted by molar-refractivity contribution is 6.33. The Morgan fingerprint density at radius 1 is 0.884 bits per heavy atom. The predicted molar refractivity (Wildman–Crippen MR) is 161 cm³/mol. The van der Waals surface area contributed by atoms with Crippen LogP contribution >= 0.6 is 11.6 Å². The Balaban J connectivity index is 2.19. The molecule has 0 aliphatic carbocycles. The van der Waals surface area contributed by atoms with Crippen LogP contribution in [0.1, 0.15) is 63.9 Å². The van der Waals surface area contributed by atoms with Gasteiger partial charge in [-0.15, -0.1) is 0 Å². The van der Waals surface area contributed by atoms with Gasteiger partial charge in [0.25, 0.3) is 5.91 Å². The number of guanidine groups is 1. The van der Waals surface area contributed by atoms with E-state index < -0.39 is 41.2 Å². The molecule has 13 nitrogen and oxygen atoms in total. The first-order valence-corrected chi connectivity index (χ1v) is 13.6. The molecular weight excluding hydrogens is 582 g/mol. The summed E-state index contributed by atoms with van der Waals surface area (Å²) in [5, 5.41) is 18.8. The minimum absolute atomic E-state index is 0.00763. The Bertz CT molecular complexity index is 1360. The quantitative estimate of drug-likeness (QED) is 0.207. The van der Waals surface area contributed by atoms with Crippen molar-refractivity contribution in [3.63, 3.8) is 0 Å². The second-order valence-electron chi connectivity index (χ2n) is 11.2. The van der Waals surface area contributed by atoms with E-state index in [1.807, 2.05) is 0 Å². The van der Waals surface area contributed by atoms with Gasteiger partial charge in [0.15, 0.2) is 0 Å². The lowest BCUT2D eigenvalue weighted by atomic mass is 10.1. The van der Waals surface area contributed by atoms with Gasteiger partial charge in [0, 0.05) is 17.7 Å². The highest BCUT2D eigenvalue weighted by atomic mass is 35.5. The zero-order valence-electron chi connectivity index (χ0n) is 24.8. The number of rotatable bonds is 8. The summed E-state index contributed by atoms with van der Waals surface area (Å²) >= 11 is 6.28. The van der Waals surface area contributed by atoms with Crippen molar-refractivity contribution < 1.29 is 38.6 Å². The molecule has 2 aromatic carbocycles. The molecule has 0 aliphatic heterocycles. The van der Waals surface area contributed by atoms with E-state index in [0.29, 0.717) is 11.3 Å². The number of hydrogen-bond acceptors (Lipinski definition) is 8. The third-order valence-electron chi connectivity index (χ3n) is 4.99. The van der Waals surface area contributed by atoms with Crippen molar-refractivity contribution in [2.45, 2.75) is 65.6 Å². The number of carbonyl (C=O) groups is 5. The van der Waals surface area contributed by atoms with Crippen LogP contribution in [0.3, 0.4) is 0 Å². The topological polar surface area (TPSA) is 185 Å². The number of carbonyl (C=O) groups excluding carboxylic acids is 4. The molecule has 0 atom stereocenters. The average Bonchev–Trinajstić information content (AvgIpc) is 2.85. The van der Waals surface area contributed by atoms with Crippen LogP contribution in [0.2, 0.25) is 5.02 Å². The lowest BCUT2D eigenvalue weighted by Crippen LogP contribution is -2.47. The molecule has 43 heavy (non-hydrogen) atoms. The molecule has 0 heterocycles. The number of alkyl carbamates (subject to hydrolysis) is 2. The van der Waals surface area contributed by atoms with Gasteiger partial charge >= 0.3 is 18.2 Å². The summed E-state index contributed by atoms with van der Waals surface area (Å²) in [6, 6.07) is 10.8. The molecule has 14 heteroatoms. The Morgan fingerprint density at radius 2 is 1.47 bits per heavy atom. The SMILES string of the molecule is CC(C)(C)OC(=O)NC(=Nc1cc(C(=O)NCC(=O)Nc2ccccc2CCC(=O)O)ccc1Cl)NC(=O)OC(C)(C)C. The number of aliphatic carboxylic acids is 1. The summed E-state index contributed by atoms with van der Waals surface area (Å²) in [6.07, 6.45) is -1.71. The number of nitrogens with zero attached hydrogens (tertiary/aromatic N) is 1. The van der Waals surface area contributed by atoms with Crippen LogP contribution in [0, 0.1) is 0 Å². The van der Waals surface area contributed by atoms with Crippen LogP contribution in [0.25, 0.3) is 0 Å². The average molecular weight is 618 g/mol. The summed E-state index contributed by atoms with van der Waals surface area (Å²) in [6.45, 7) is 9.54. The van der Waals surface area contributed by atoms with Crippen molar-refractivity contribution >= 4 is 58.9 Å². The Morgan fingerprint density at radius 3 is 2.02 bits per heavy atom. The van der Waals surface area contributed by atoms with Crippen molar-refractivity contribution in [2.24, 2.45) is 4.99 Å². The minimum atomic E-state index is -0.964. The Hall–Kier alpha value is -4.65. The van der Waals surface area contributed by atoms with Crippen molar-refractivity contribution in [3.05, 3.63) is 58.6 Å². The largest absolute Gasteiger partial charge is 0.481 e. The molecule has 0 saturated heterocycles. The summed E-state index contributed by atoms with van der Waals surface area (Å²) in [5.41, 5.74) is -0.526. The van der Waals surface area contributed by atoms with Crippen LogP contribution < -0.4 is 21.3 Å². The smallest absolute Gasteiger partial charge is 0.414 e. The predicted octanol–water partition coefficient (Wildman–Crippen LogP) is 4.76. The number of carboxylic acids is 1. The third kappa shape index (κ3) is 13.3. The fourth-order valence-corrected chi connectivity index (χ4v) is 3.47. The number of halogens is 1. The number of aliphatic imine (C=N–C) groups is 1. The van der Waals surface area contributed by atoms with E-state index >= 15 is 0 Å². The molecule has 0 bridgehead atoms. The van der Waals surface area contributed by atoms with Crippen LogP contribution in [0.5, 0.6) is 0 Å². The van der Waals surface area contributed by atoms with E-state index in [0.717, 1.165) is 0 Å². The second kappa shape index (κ2) is 15.0. The number of anilines is 1. The number of carboxylic acid groups (broad SMARTS) is 1.